The molecule has 0 aliphatic rings. The molecule has 0 spiro atoms. The lowest BCUT2D eigenvalue weighted by atomic mass is 10.2. The van der Waals surface area contributed by atoms with E-state index < -0.39 is 5.97 Å². The highest BCUT2D eigenvalue weighted by atomic mass is 16.5. The maximum absolute atomic E-state index is 12.3. The average molecular weight is 364 g/mol. The largest absolute Gasteiger partial charge is 0.483 e. The minimum Gasteiger partial charge on any atom is -0.483 e. The molecular weight excluding hydrogens is 344 g/mol. The van der Waals surface area contributed by atoms with Gasteiger partial charge in [0, 0.05) is 17.1 Å². The fourth-order valence-corrected chi connectivity index (χ4v) is 2.70. The molecule has 138 valence electrons. The number of para-hydroxylation sites is 2. The molecule has 1 aromatic heterocycles. The van der Waals surface area contributed by atoms with E-state index in [0.717, 1.165) is 16.6 Å². The van der Waals surface area contributed by atoms with Crippen molar-refractivity contribution in [1.82, 2.24) is 4.98 Å². The van der Waals surface area contributed by atoms with Crippen LogP contribution in [0.3, 0.4) is 0 Å². The third-order valence-electron chi connectivity index (χ3n) is 3.86. The highest BCUT2D eigenvalue weighted by Gasteiger charge is 2.14. The van der Waals surface area contributed by atoms with Gasteiger partial charge in [-0.3, -0.25) is 9.78 Å². The van der Waals surface area contributed by atoms with Crippen LogP contribution in [0.1, 0.15) is 23.0 Å². The number of aryl methyl sites for hydroxylation is 1. The van der Waals surface area contributed by atoms with Gasteiger partial charge in [0.2, 0.25) is 0 Å². The first-order valence-electron chi connectivity index (χ1n) is 8.63. The van der Waals surface area contributed by atoms with Gasteiger partial charge in [0.1, 0.15) is 5.75 Å². The van der Waals surface area contributed by atoms with Gasteiger partial charge in [-0.2, -0.15) is 0 Å². The quantitative estimate of drug-likeness (QED) is 0.674. The number of carbonyl (C=O) groups excluding carboxylic acids is 2. The third kappa shape index (κ3) is 4.41. The predicted octanol–water partition coefficient (Wildman–Crippen LogP) is 3.74. The van der Waals surface area contributed by atoms with Crippen LogP contribution in [0.15, 0.2) is 54.6 Å². The number of nitrogens with zero attached hydrogens (tertiary/aromatic N) is 1. The second kappa shape index (κ2) is 8.31. The number of anilines is 1. The SMILES string of the molecule is CCOC(=O)c1ccccc1NC(=O)COc1cc(C)nc2ccccc12. The van der Waals surface area contributed by atoms with Gasteiger partial charge in [0.05, 0.1) is 23.4 Å². The van der Waals surface area contributed by atoms with Crippen molar-refractivity contribution in [3.63, 3.8) is 0 Å². The lowest BCUT2D eigenvalue weighted by Crippen LogP contribution is -2.22. The molecule has 0 saturated carbocycles. The number of aromatic nitrogens is 1. The Labute approximate surface area is 157 Å². The molecule has 2 aromatic carbocycles. The molecule has 1 amide bonds. The lowest BCUT2D eigenvalue weighted by molar-refractivity contribution is -0.118. The maximum Gasteiger partial charge on any atom is 0.340 e. The lowest BCUT2D eigenvalue weighted by Gasteiger charge is -2.12. The summed E-state index contributed by atoms with van der Waals surface area (Å²) in [7, 11) is 0. The first-order valence-corrected chi connectivity index (χ1v) is 8.63. The number of nitrogens with one attached hydrogen (secondary N) is 1. The fraction of sp³-hybridized carbons (Fsp3) is 0.190. The van der Waals surface area contributed by atoms with E-state index in [0.29, 0.717) is 17.0 Å². The van der Waals surface area contributed by atoms with Crippen LogP contribution in [0.4, 0.5) is 5.69 Å². The minimum absolute atomic E-state index is 0.190. The average Bonchev–Trinajstić information content (AvgIpc) is 2.66. The first-order chi connectivity index (χ1) is 13.1. The number of pyridine rings is 1. The van der Waals surface area contributed by atoms with Gasteiger partial charge < -0.3 is 14.8 Å². The van der Waals surface area contributed by atoms with E-state index in [9.17, 15) is 9.59 Å². The van der Waals surface area contributed by atoms with Crippen molar-refractivity contribution in [3.8, 4) is 5.75 Å². The maximum atomic E-state index is 12.3. The van der Waals surface area contributed by atoms with Crippen LogP contribution in [0, 0.1) is 6.92 Å². The molecule has 0 fully saturated rings. The number of ether oxygens (including phenoxy) is 2. The Kier molecular flexibility index (Phi) is 5.66. The summed E-state index contributed by atoms with van der Waals surface area (Å²) in [5.74, 6) is -0.262. The Balaban J connectivity index is 1.72. The van der Waals surface area contributed by atoms with Crippen molar-refractivity contribution in [2.24, 2.45) is 0 Å². The molecule has 0 aliphatic heterocycles. The summed E-state index contributed by atoms with van der Waals surface area (Å²) in [4.78, 5) is 28.8. The van der Waals surface area contributed by atoms with Gasteiger partial charge in [-0.25, -0.2) is 4.79 Å². The second-order valence-electron chi connectivity index (χ2n) is 5.88. The molecule has 1 heterocycles. The van der Waals surface area contributed by atoms with Gasteiger partial charge in [0.25, 0.3) is 5.91 Å². The van der Waals surface area contributed by atoms with Crippen molar-refractivity contribution in [1.29, 1.82) is 0 Å². The molecule has 27 heavy (non-hydrogen) atoms. The van der Waals surface area contributed by atoms with E-state index in [-0.39, 0.29) is 19.1 Å². The normalized spacial score (nSPS) is 10.4. The van der Waals surface area contributed by atoms with Crippen molar-refractivity contribution >= 4 is 28.5 Å². The van der Waals surface area contributed by atoms with Gasteiger partial charge in [-0.1, -0.05) is 24.3 Å². The van der Waals surface area contributed by atoms with E-state index in [1.54, 1.807) is 37.3 Å². The highest BCUT2D eigenvalue weighted by Crippen LogP contribution is 2.25. The molecule has 0 saturated heterocycles. The Hall–Kier alpha value is -3.41. The molecule has 3 aromatic rings. The second-order valence-corrected chi connectivity index (χ2v) is 5.88. The number of hydrogen-bond donors (Lipinski definition) is 1. The monoisotopic (exact) mass is 364 g/mol. The summed E-state index contributed by atoms with van der Waals surface area (Å²) in [6.07, 6.45) is 0. The standard InChI is InChI=1S/C21H20N2O4/c1-3-26-21(25)16-9-5-7-11-18(16)23-20(24)13-27-19-12-14(2)22-17-10-6-4-8-15(17)19/h4-12H,3,13H2,1-2H3,(H,23,24). The van der Waals surface area contributed by atoms with Crippen molar-refractivity contribution in [3.05, 3.63) is 65.9 Å². The van der Waals surface area contributed by atoms with E-state index in [1.165, 1.54) is 0 Å². The van der Waals surface area contributed by atoms with Crippen molar-refractivity contribution in [2.45, 2.75) is 13.8 Å². The molecular formula is C21H20N2O4. The van der Waals surface area contributed by atoms with Crippen LogP contribution in [0.5, 0.6) is 5.75 Å². The summed E-state index contributed by atoms with van der Waals surface area (Å²) in [5, 5.41) is 3.54. The number of esters is 1. The molecule has 1 N–H and O–H groups in total. The Morgan fingerprint density at radius 3 is 2.63 bits per heavy atom. The molecule has 0 radical (unpaired) electrons. The zero-order chi connectivity index (χ0) is 19.2. The van der Waals surface area contributed by atoms with Gasteiger partial charge >= 0.3 is 5.97 Å². The molecule has 0 aliphatic carbocycles. The van der Waals surface area contributed by atoms with Gasteiger partial charge in [-0.15, -0.1) is 0 Å². The summed E-state index contributed by atoms with van der Waals surface area (Å²) in [6.45, 7) is 3.67. The molecule has 3 rings (SSSR count). The molecule has 0 atom stereocenters. The van der Waals surface area contributed by atoms with Crippen LogP contribution in [0.25, 0.3) is 10.9 Å². The molecule has 6 nitrogen and oxygen atoms in total. The number of benzene rings is 2. The van der Waals surface area contributed by atoms with Crippen LogP contribution >= 0.6 is 0 Å². The predicted molar refractivity (Wildman–Crippen MR) is 103 cm³/mol. The number of rotatable bonds is 6. The van der Waals surface area contributed by atoms with E-state index in [2.05, 4.69) is 10.3 Å². The summed E-state index contributed by atoms with van der Waals surface area (Å²) in [5.41, 5.74) is 2.30. The van der Waals surface area contributed by atoms with E-state index in [4.69, 9.17) is 9.47 Å². The van der Waals surface area contributed by atoms with Crippen molar-refractivity contribution < 1.29 is 19.1 Å². The molecule has 0 bridgehead atoms. The topological polar surface area (TPSA) is 77.5 Å². The number of amides is 1. The Morgan fingerprint density at radius 1 is 1.07 bits per heavy atom. The Bertz CT molecular complexity index is 985. The number of fused-ring (bicyclic) bond motifs is 1. The molecule has 6 heteroatoms. The van der Waals surface area contributed by atoms with Gasteiger partial charge in [-0.05, 0) is 38.1 Å². The third-order valence-corrected chi connectivity index (χ3v) is 3.86. The fourth-order valence-electron chi connectivity index (χ4n) is 2.70. The van der Waals surface area contributed by atoms with Crippen molar-refractivity contribution in [2.75, 3.05) is 18.5 Å². The first kappa shape index (κ1) is 18.4. The summed E-state index contributed by atoms with van der Waals surface area (Å²) < 4.78 is 10.7. The summed E-state index contributed by atoms with van der Waals surface area (Å²) >= 11 is 0. The van der Waals surface area contributed by atoms with Gasteiger partial charge in [0.15, 0.2) is 6.61 Å². The van der Waals surface area contributed by atoms with Crippen LogP contribution in [-0.4, -0.2) is 30.1 Å². The minimum atomic E-state index is -0.481. The highest BCUT2D eigenvalue weighted by molar-refractivity contribution is 6.01. The number of carbonyl (C=O) groups is 2. The summed E-state index contributed by atoms with van der Waals surface area (Å²) in [6, 6.07) is 16.1. The van der Waals surface area contributed by atoms with E-state index in [1.807, 2.05) is 31.2 Å². The number of hydrogen-bond acceptors (Lipinski definition) is 5. The van der Waals surface area contributed by atoms with Crippen LogP contribution in [-0.2, 0) is 9.53 Å². The zero-order valence-corrected chi connectivity index (χ0v) is 15.2. The smallest absolute Gasteiger partial charge is 0.340 e. The van der Waals surface area contributed by atoms with E-state index >= 15 is 0 Å². The molecule has 0 unspecified atom stereocenters. The van der Waals surface area contributed by atoms with Crippen LogP contribution in [0.2, 0.25) is 0 Å². The Morgan fingerprint density at radius 2 is 1.81 bits per heavy atom. The zero-order valence-electron chi connectivity index (χ0n) is 15.2. The van der Waals surface area contributed by atoms with Crippen LogP contribution < -0.4 is 10.1 Å².